The average Bonchev–Trinajstić information content (AvgIpc) is 2.46. The number of rotatable bonds is 5. The predicted octanol–water partition coefficient (Wildman–Crippen LogP) is 3.45. The average molecular weight is 289 g/mol. The topological polar surface area (TPSA) is 41.5 Å². The lowest BCUT2D eigenvalue weighted by molar-refractivity contribution is 0.369. The summed E-state index contributed by atoms with van der Waals surface area (Å²) in [5.74, 6) is 0.464. The van der Waals surface area contributed by atoms with Gasteiger partial charge in [-0.2, -0.15) is 0 Å². The number of hydrogen-bond acceptors (Lipinski definition) is 3. The van der Waals surface area contributed by atoms with Crippen molar-refractivity contribution < 1.29 is 14.2 Å². The molecule has 0 amide bonds. The number of nitrogens with one attached hydrogen (secondary N) is 1. The van der Waals surface area contributed by atoms with Gasteiger partial charge in [-0.25, -0.2) is 4.39 Å². The summed E-state index contributed by atoms with van der Waals surface area (Å²) in [7, 11) is 1.52. The highest BCUT2D eigenvalue weighted by Crippen LogP contribution is 2.29. The van der Waals surface area contributed by atoms with E-state index in [1.54, 1.807) is 19.9 Å². The molecule has 0 aliphatic heterocycles. The highest BCUT2D eigenvalue weighted by Gasteiger charge is 2.07. The molecule has 0 saturated carbocycles. The summed E-state index contributed by atoms with van der Waals surface area (Å²) in [6, 6.07) is 9.06. The molecule has 0 aliphatic rings. The van der Waals surface area contributed by atoms with Crippen LogP contribution in [0.2, 0.25) is 0 Å². The molecule has 0 fully saturated rings. The number of hydrogen-bond donors (Lipinski definition) is 2. The molecule has 0 atom stereocenters. The van der Waals surface area contributed by atoms with Gasteiger partial charge < -0.3 is 15.2 Å². The number of phenols is 1. The van der Waals surface area contributed by atoms with Crippen LogP contribution in [0.4, 0.5) is 4.39 Å². The largest absolute Gasteiger partial charge is 0.504 e. The molecule has 0 spiro atoms. The number of benzene rings is 2. The fourth-order valence-corrected chi connectivity index (χ4v) is 2.35. The number of aromatic hydroxyl groups is 1. The maximum atomic E-state index is 13.6. The van der Waals surface area contributed by atoms with E-state index in [4.69, 9.17) is 4.74 Å². The molecule has 2 N–H and O–H groups in total. The SMILES string of the molecule is COc1cccc(CNCc2cc(C)c(F)c(C)c2)c1O. The van der Waals surface area contributed by atoms with Crippen LogP contribution in [0.1, 0.15) is 22.3 Å². The van der Waals surface area contributed by atoms with Gasteiger partial charge in [-0.15, -0.1) is 0 Å². The zero-order chi connectivity index (χ0) is 15.4. The second-order valence-electron chi connectivity index (χ2n) is 5.12. The van der Waals surface area contributed by atoms with Crippen LogP contribution in [-0.4, -0.2) is 12.2 Å². The van der Waals surface area contributed by atoms with Gasteiger partial charge in [0.2, 0.25) is 0 Å². The molecule has 0 aromatic heterocycles. The molecule has 2 rings (SSSR count). The maximum Gasteiger partial charge on any atom is 0.162 e. The van der Waals surface area contributed by atoms with Gasteiger partial charge in [-0.3, -0.25) is 0 Å². The lowest BCUT2D eigenvalue weighted by Crippen LogP contribution is -2.13. The molecular weight excluding hydrogens is 269 g/mol. The molecule has 2 aromatic carbocycles. The van der Waals surface area contributed by atoms with Crippen molar-refractivity contribution in [3.8, 4) is 11.5 Å². The normalized spacial score (nSPS) is 10.7. The van der Waals surface area contributed by atoms with Crippen LogP contribution in [0.15, 0.2) is 30.3 Å². The highest BCUT2D eigenvalue weighted by molar-refractivity contribution is 5.45. The minimum Gasteiger partial charge on any atom is -0.504 e. The fourth-order valence-electron chi connectivity index (χ4n) is 2.35. The van der Waals surface area contributed by atoms with E-state index in [0.717, 1.165) is 11.1 Å². The summed E-state index contributed by atoms with van der Waals surface area (Å²) < 4.78 is 18.6. The Kier molecular flexibility index (Phi) is 4.81. The maximum absolute atomic E-state index is 13.6. The summed E-state index contributed by atoms with van der Waals surface area (Å²) in [5.41, 5.74) is 3.09. The Bertz CT molecular complexity index is 618. The van der Waals surface area contributed by atoms with Gasteiger partial charge in [-0.1, -0.05) is 24.3 Å². The minimum absolute atomic E-state index is 0.149. The molecule has 112 valence electrons. The number of halogens is 1. The van der Waals surface area contributed by atoms with E-state index in [9.17, 15) is 9.50 Å². The third-order valence-corrected chi connectivity index (χ3v) is 3.44. The van der Waals surface area contributed by atoms with Crippen LogP contribution in [0.3, 0.4) is 0 Å². The van der Waals surface area contributed by atoms with E-state index < -0.39 is 0 Å². The first-order chi connectivity index (χ1) is 10.0. The van der Waals surface area contributed by atoms with E-state index in [0.29, 0.717) is 30.0 Å². The zero-order valence-electron chi connectivity index (χ0n) is 12.5. The van der Waals surface area contributed by atoms with Crippen LogP contribution in [-0.2, 0) is 13.1 Å². The van der Waals surface area contributed by atoms with Crippen molar-refractivity contribution in [1.82, 2.24) is 5.32 Å². The van der Waals surface area contributed by atoms with E-state index in [2.05, 4.69) is 5.32 Å². The van der Waals surface area contributed by atoms with Crippen molar-refractivity contribution in [3.63, 3.8) is 0 Å². The molecule has 0 radical (unpaired) electrons. The second kappa shape index (κ2) is 6.59. The molecular formula is C17H20FNO2. The van der Waals surface area contributed by atoms with Gasteiger partial charge in [0.05, 0.1) is 7.11 Å². The second-order valence-corrected chi connectivity index (χ2v) is 5.12. The molecule has 0 heterocycles. The first-order valence-corrected chi connectivity index (χ1v) is 6.84. The van der Waals surface area contributed by atoms with Crippen LogP contribution in [0, 0.1) is 19.7 Å². The molecule has 0 unspecified atom stereocenters. The Morgan fingerprint density at radius 2 is 1.81 bits per heavy atom. The summed E-state index contributed by atoms with van der Waals surface area (Å²) in [5, 5.41) is 13.2. The third-order valence-electron chi connectivity index (χ3n) is 3.44. The monoisotopic (exact) mass is 289 g/mol. The van der Waals surface area contributed by atoms with Crippen molar-refractivity contribution >= 4 is 0 Å². The predicted molar refractivity (Wildman–Crippen MR) is 81.1 cm³/mol. The Balaban J connectivity index is 2.02. The lowest BCUT2D eigenvalue weighted by atomic mass is 10.1. The van der Waals surface area contributed by atoms with E-state index >= 15 is 0 Å². The molecule has 0 aliphatic carbocycles. The van der Waals surface area contributed by atoms with Crippen LogP contribution >= 0.6 is 0 Å². The summed E-state index contributed by atoms with van der Waals surface area (Å²) in [6.07, 6.45) is 0. The zero-order valence-corrected chi connectivity index (χ0v) is 12.5. The Hall–Kier alpha value is -2.07. The molecule has 0 saturated heterocycles. The van der Waals surface area contributed by atoms with Gasteiger partial charge in [0, 0.05) is 18.7 Å². The summed E-state index contributed by atoms with van der Waals surface area (Å²) >= 11 is 0. The standard InChI is InChI=1S/C17H20FNO2/c1-11-7-13(8-12(2)16(11)18)9-19-10-14-5-4-6-15(21-3)17(14)20/h4-8,19-20H,9-10H2,1-3H3. The van der Waals surface area contributed by atoms with E-state index in [1.165, 1.54) is 7.11 Å². The number of para-hydroxylation sites is 1. The number of phenolic OH excluding ortho intramolecular Hbond substituents is 1. The van der Waals surface area contributed by atoms with E-state index in [1.807, 2.05) is 24.3 Å². The van der Waals surface area contributed by atoms with Gasteiger partial charge in [0.25, 0.3) is 0 Å². The van der Waals surface area contributed by atoms with Gasteiger partial charge in [0.15, 0.2) is 11.5 Å². The lowest BCUT2D eigenvalue weighted by Gasteiger charge is -2.11. The molecule has 0 bridgehead atoms. The van der Waals surface area contributed by atoms with Crippen LogP contribution in [0.5, 0.6) is 11.5 Å². The summed E-state index contributed by atoms with van der Waals surface area (Å²) in [4.78, 5) is 0. The number of ether oxygens (including phenoxy) is 1. The first-order valence-electron chi connectivity index (χ1n) is 6.84. The number of methoxy groups -OCH3 is 1. The van der Waals surface area contributed by atoms with Crippen molar-refractivity contribution in [1.29, 1.82) is 0 Å². The molecule has 21 heavy (non-hydrogen) atoms. The van der Waals surface area contributed by atoms with Crippen molar-refractivity contribution in [2.24, 2.45) is 0 Å². The number of aryl methyl sites for hydroxylation is 2. The highest BCUT2D eigenvalue weighted by atomic mass is 19.1. The Morgan fingerprint density at radius 1 is 1.14 bits per heavy atom. The van der Waals surface area contributed by atoms with Crippen molar-refractivity contribution in [2.45, 2.75) is 26.9 Å². The smallest absolute Gasteiger partial charge is 0.162 e. The Labute approximate surface area is 124 Å². The molecule has 2 aromatic rings. The molecule has 3 nitrogen and oxygen atoms in total. The summed E-state index contributed by atoms with van der Waals surface area (Å²) in [6.45, 7) is 4.65. The molecule has 4 heteroatoms. The van der Waals surface area contributed by atoms with Crippen molar-refractivity contribution in [2.75, 3.05) is 7.11 Å². The minimum atomic E-state index is -0.149. The quantitative estimate of drug-likeness (QED) is 0.886. The van der Waals surface area contributed by atoms with Crippen molar-refractivity contribution in [3.05, 3.63) is 58.4 Å². The fraction of sp³-hybridized carbons (Fsp3) is 0.294. The Morgan fingerprint density at radius 3 is 2.43 bits per heavy atom. The van der Waals surface area contributed by atoms with Gasteiger partial charge in [-0.05, 0) is 36.6 Å². The van der Waals surface area contributed by atoms with Gasteiger partial charge in [0.1, 0.15) is 5.82 Å². The van der Waals surface area contributed by atoms with Crippen LogP contribution in [0.25, 0.3) is 0 Å². The first kappa shape index (κ1) is 15.3. The van der Waals surface area contributed by atoms with Gasteiger partial charge >= 0.3 is 0 Å². The van der Waals surface area contributed by atoms with Crippen LogP contribution < -0.4 is 10.1 Å². The third kappa shape index (κ3) is 3.52. The van der Waals surface area contributed by atoms with E-state index in [-0.39, 0.29) is 11.6 Å².